The lowest BCUT2D eigenvalue weighted by atomic mass is 9.97. The van der Waals surface area contributed by atoms with Crippen molar-refractivity contribution in [2.45, 2.75) is 0 Å². The van der Waals surface area contributed by atoms with Crippen molar-refractivity contribution in [3.63, 3.8) is 0 Å². The van der Waals surface area contributed by atoms with Crippen LogP contribution in [0.2, 0.25) is 0 Å². The van der Waals surface area contributed by atoms with Crippen molar-refractivity contribution in [1.29, 1.82) is 0 Å². The van der Waals surface area contributed by atoms with Gasteiger partial charge in [0.1, 0.15) is 0 Å². The van der Waals surface area contributed by atoms with Crippen molar-refractivity contribution in [3.05, 3.63) is 91.0 Å². The van der Waals surface area contributed by atoms with Crippen LogP contribution in [0.4, 0.5) is 0 Å². The predicted molar refractivity (Wildman–Crippen MR) is 119 cm³/mol. The van der Waals surface area contributed by atoms with Gasteiger partial charge in [-0.15, -0.1) is 0 Å². The first kappa shape index (κ1) is 15.9. The summed E-state index contributed by atoms with van der Waals surface area (Å²) in [7, 11) is 0. The second-order valence-electron chi connectivity index (χ2n) is 7.12. The maximum Gasteiger partial charge on any atom is 0.318 e. The fourth-order valence-electron chi connectivity index (χ4n) is 4.33. The number of fused-ring (bicyclic) bond motifs is 7. The molecule has 6 rings (SSSR count). The summed E-state index contributed by atoms with van der Waals surface area (Å²) in [4.78, 5) is 5.11. The van der Waals surface area contributed by atoms with E-state index in [2.05, 4.69) is 111 Å². The number of pyridine rings is 1. The molecule has 6 aromatic rings. The van der Waals surface area contributed by atoms with Crippen LogP contribution in [0.3, 0.4) is 0 Å². The molecule has 0 unspecified atom stereocenters. The normalized spacial score (nSPS) is 11.7. The van der Waals surface area contributed by atoms with Crippen LogP contribution in [0.5, 0.6) is 0 Å². The van der Waals surface area contributed by atoms with Gasteiger partial charge in [0.2, 0.25) is 0 Å². The minimum absolute atomic E-state index is 1.03. The van der Waals surface area contributed by atoms with Gasteiger partial charge in [-0.1, -0.05) is 78.9 Å². The van der Waals surface area contributed by atoms with Crippen LogP contribution in [0.1, 0.15) is 0 Å². The van der Waals surface area contributed by atoms with E-state index in [1.807, 2.05) is 0 Å². The molecule has 0 amide bonds. The predicted octanol–water partition coefficient (Wildman–Crippen LogP) is 6.09. The van der Waals surface area contributed by atoms with E-state index in [9.17, 15) is 0 Å². The van der Waals surface area contributed by atoms with Crippen LogP contribution in [0.25, 0.3) is 54.7 Å². The third-order valence-corrected chi connectivity index (χ3v) is 6.12. The van der Waals surface area contributed by atoms with Crippen molar-refractivity contribution in [1.82, 2.24) is 8.53 Å². The number of benzene rings is 4. The van der Waals surface area contributed by atoms with Gasteiger partial charge in [0.25, 0.3) is 0 Å². The molecule has 2 radical (unpaired) electrons. The first-order valence-corrected chi connectivity index (χ1v) is 9.90. The van der Waals surface area contributed by atoms with Crippen LogP contribution < -0.4 is 0 Å². The van der Waals surface area contributed by atoms with E-state index in [-0.39, 0.29) is 0 Å². The van der Waals surface area contributed by atoms with Gasteiger partial charge in [0, 0.05) is 38.1 Å². The maximum absolute atomic E-state index is 5.11. The standard InChI is InChI=1S/C25H15N2.Al/c1-2-8-16(9-3-1)24-23-19(17-10-4-6-12-21(17)26-24)14-15-20-18-11-5-7-13-22(18)27-25(20)23;/h1-15H;/q-1;+1. The number of hydrogen-bond donors (Lipinski definition) is 0. The fraction of sp³-hybridized carbons (Fsp3) is 0. The Morgan fingerprint density at radius 2 is 1.29 bits per heavy atom. The van der Waals surface area contributed by atoms with E-state index in [1.54, 1.807) is 0 Å². The SMILES string of the molecule is [Al][n]1c2ccccc2c2ccc3c4ccccc4nc(-c4ccccc4)c3c21. The summed E-state index contributed by atoms with van der Waals surface area (Å²) in [5.74, 6) is 0. The monoisotopic (exact) mass is 370 g/mol. The lowest BCUT2D eigenvalue weighted by molar-refractivity contribution is 1.39. The van der Waals surface area contributed by atoms with E-state index in [1.165, 1.54) is 38.0 Å². The molecule has 2 aromatic heterocycles. The van der Waals surface area contributed by atoms with Gasteiger partial charge in [-0.3, -0.25) is 0 Å². The molecule has 4 aromatic carbocycles. The van der Waals surface area contributed by atoms with Crippen LogP contribution in [0, 0.1) is 0 Å². The second-order valence-corrected chi connectivity index (χ2v) is 7.63. The van der Waals surface area contributed by atoms with E-state index in [0.717, 1.165) is 16.8 Å². The summed E-state index contributed by atoms with van der Waals surface area (Å²) >= 11 is 2.90. The summed E-state index contributed by atoms with van der Waals surface area (Å²) in [6, 6.07) is 32.0. The number of para-hydroxylation sites is 2. The Kier molecular flexibility index (Phi) is 3.37. The Morgan fingerprint density at radius 1 is 0.607 bits per heavy atom. The average molecular weight is 370 g/mol. The average Bonchev–Trinajstić information content (AvgIpc) is 3.06. The molecule has 0 bridgehead atoms. The Balaban J connectivity index is 1.94. The molecule has 28 heavy (non-hydrogen) atoms. The minimum atomic E-state index is 1.03. The van der Waals surface area contributed by atoms with Crippen molar-refractivity contribution in [3.8, 4) is 11.3 Å². The molecular weight excluding hydrogens is 355 g/mol. The minimum Gasteiger partial charge on any atom is -0.451 e. The lowest BCUT2D eigenvalue weighted by Gasteiger charge is -2.13. The van der Waals surface area contributed by atoms with E-state index >= 15 is 0 Å². The highest BCUT2D eigenvalue weighted by atomic mass is 27.1. The molecule has 2 nitrogen and oxygen atoms in total. The van der Waals surface area contributed by atoms with E-state index < -0.39 is 0 Å². The lowest BCUT2D eigenvalue weighted by Crippen LogP contribution is -1.95. The third-order valence-electron chi connectivity index (χ3n) is 5.58. The van der Waals surface area contributed by atoms with Gasteiger partial charge >= 0.3 is 16.5 Å². The fourth-order valence-corrected chi connectivity index (χ4v) is 4.83. The molecule has 0 fully saturated rings. The van der Waals surface area contributed by atoms with Gasteiger partial charge in [0.05, 0.1) is 11.2 Å². The topological polar surface area (TPSA) is 17.8 Å². The molecule has 0 saturated carbocycles. The zero-order valence-electron chi connectivity index (χ0n) is 15.1. The second kappa shape index (κ2) is 5.94. The summed E-state index contributed by atoms with van der Waals surface area (Å²) in [5, 5.41) is 6.15. The Labute approximate surface area is 170 Å². The van der Waals surface area contributed by atoms with Crippen molar-refractivity contribution in [2.24, 2.45) is 0 Å². The smallest absolute Gasteiger partial charge is 0.318 e. The van der Waals surface area contributed by atoms with Crippen LogP contribution in [-0.2, 0) is 0 Å². The van der Waals surface area contributed by atoms with Crippen LogP contribution >= 0.6 is 0 Å². The first-order valence-electron chi connectivity index (χ1n) is 9.38. The summed E-state index contributed by atoms with van der Waals surface area (Å²) in [5.41, 5.74) is 5.62. The van der Waals surface area contributed by atoms with Gasteiger partial charge in [-0.05, 0) is 17.5 Å². The molecule has 0 saturated heterocycles. The highest BCUT2D eigenvalue weighted by molar-refractivity contribution is 6.30. The Morgan fingerprint density at radius 3 is 2.14 bits per heavy atom. The zero-order valence-corrected chi connectivity index (χ0v) is 16.3. The van der Waals surface area contributed by atoms with Crippen molar-refractivity contribution >= 4 is 60.0 Å². The maximum atomic E-state index is 5.11. The van der Waals surface area contributed by atoms with Gasteiger partial charge in [0.15, 0.2) is 0 Å². The molecule has 0 spiro atoms. The number of aromatic nitrogens is 2. The molecule has 2 heterocycles. The Bertz CT molecular complexity index is 1510. The third kappa shape index (κ3) is 2.12. The summed E-state index contributed by atoms with van der Waals surface area (Å²) in [6.07, 6.45) is 0. The van der Waals surface area contributed by atoms with E-state index in [0.29, 0.717) is 0 Å². The van der Waals surface area contributed by atoms with Gasteiger partial charge in [-0.2, -0.15) is 0 Å². The summed E-state index contributed by atoms with van der Waals surface area (Å²) < 4.78 is 2.23. The van der Waals surface area contributed by atoms with Crippen molar-refractivity contribution < 1.29 is 0 Å². The molecule has 3 heteroatoms. The largest absolute Gasteiger partial charge is 0.451 e. The number of nitrogens with zero attached hydrogens (tertiary/aromatic N) is 2. The zero-order chi connectivity index (χ0) is 18.7. The molecule has 0 atom stereocenters. The molecule has 0 aliphatic heterocycles. The molecule has 128 valence electrons. The molecular formula is C25H15AlN2. The molecule has 0 aliphatic rings. The first-order chi connectivity index (χ1) is 13.8. The van der Waals surface area contributed by atoms with Crippen molar-refractivity contribution in [2.75, 3.05) is 0 Å². The van der Waals surface area contributed by atoms with E-state index in [4.69, 9.17) is 4.98 Å². The number of rotatable bonds is 1. The van der Waals surface area contributed by atoms with Gasteiger partial charge in [-0.25, -0.2) is 4.98 Å². The highest BCUT2D eigenvalue weighted by Crippen LogP contribution is 2.40. The highest BCUT2D eigenvalue weighted by Gasteiger charge is 2.16. The summed E-state index contributed by atoms with van der Waals surface area (Å²) in [6.45, 7) is 0. The van der Waals surface area contributed by atoms with Crippen LogP contribution in [0.15, 0.2) is 91.0 Å². The quantitative estimate of drug-likeness (QED) is 0.253. The van der Waals surface area contributed by atoms with Gasteiger partial charge < -0.3 is 3.55 Å². The van der Waals surface area contributed by atoms with Crippen LogP contribution in [-0.4, -0.2) is 25.0 Å². The molecule has 0 aliphatic carbocycles. The Hall–Kier alpha value is -3.12. The molecule has 0 N–H and O–H groups in total. The number of hydrogen-bond acceptors (Lipinski definition) is 1.